The van der Waals surface area contributed by atoms with Crippen molar-refractivity contribution in [3.63, 3.8) is 0 Å². The van der Waals surface area contributed by atoms with Crippen molar-refractivity contribution in [3.8, 4) is 10.6 Å². The topological polar surface area (TPSA) is 78.3 Å². The van der Waals surface area contributed by atoms with Crippen LogP contribution < -0.4 is 0 Å². The second kappa shape index (κ2) is 7.62. The maximum atomic E-state index is 12.6. The number of carbonyl (C=O) groups is 1. The zero-order valence-electron chi connectivity index (χ0n) is 15.5. The van der Waals surface area contributed by atoms with E-state index in [-0.39, 0.29) is 5.91 Å². The number of aromatic nitrogens is 3. The number of carbonyl (C=O) groups excluding carboxylic acids is 1. The molecule has 5 heterocycles. The second-order valence-electron chi connectivity index (χ2n) is 7.07. The molecule has 0 spiro atoms. The van der Waals surface area contributed by atoms with Gasteiger partial charge >= 0.3 is 0 Å². The summed E-state index contributed by atoms with van der Waals surface area (Å²) in [6.07, 6.45) is 3.58. The molecule has 1 aliphatic rings. The molecule has 7 nitrogen and oxygen atoms in total. The van der Waals surface area contributed by atoms with Gasteiger partial charge < -0.3 is 14.4 Å². The Morgan fingerprint density at radius 1 is 1.21 bits per heavy atom. The van der Waals surface area contributed by atoms with Crippen LogP contribution in [0, 0.1) is 0 Å². The fraction of sp³-hybridized carbons (Fsp3) is 0.250. The van der Waals surface area contributed by atoms with Crippen molar-refractivity contribution in [1.82, 2.24) is 24.9 Å². The predicted molar refractivity (Wildman–Crippen MR) is 112 cm³/mol. The summed E-state index contributed by atoms with van der Waals surface area (Å²) < 4.78 is 6.18. The van der Waals surface area contributed by atoms with E-state index in [0.717, 1.165) is 43.8 Å². The predicted octanol–water partition coefficient (Wildman–Crippen LogP) is 3.78. The summed E-state index contributed by atoms with van der Waals surface area (Å²) in [5, 5.41) is 5.18. The lowest BCUT2D eigenvalue weighted by Crippen LogP contribution is -2.49. The number of halogens is 1. The first-order chi connectivity index (χ1) is 14.1. The van der Waals surface area contributed by atoms with E-state index in [2.05, 4.69) is 26.1 Å². The van der Waals surface area contributed by atoms with Gasteiger partial charge in [-0.25, -0.2) is 0 Å². The smallest absolute Gasteiger partial charge is 0.237 e. The first-order valence-electron chi connectivity index (χ1n) is 9.27. The van der Waals surface area contributed by atoms with Crippen LogP contribution in [0.5, 0.6) is 0 Å². The van der Waals surface area contributed by atoms with E-state index in [1.165, 1.54) is 11.3 Å². The number of hydrogen-bond acceptors (Lipinski definition) is 6. The molecule has 29 heavy (non-hydrogen) atoms. The van der Waals surface area contributed by atoms with Crippen molar-refractivity contribution < 1.29 is 9.32 Å². The molecule has 1 fully saturated rings. The Hall–Kier alpha value is -2.68. The maximum absolute atomic E-state index is 12.6. The van der Waals surface area contributed by atoms with Gasteiger partial charge in [0.1, 0.15) is 5.69 Å². The lowest BCUT2D eigenvalue weighted by molar-refractivity contribution is -0.137. The summed E-state index contributed by atoms with van der Waals surface area (Å²) >= 11 is 7.45. The minimum Gasteiger partial charge on any atom is -0.359 e. The summed E-state index contributed by atoms with van der Waals surface area (Å²) in [6.45, 7) is 2.96. The number of piperazine rings is 1. The minimum absolute atomic E-state index is 0.109. The molecule has 1 aliphatic heterocycles. The Bertz CT molecular complexity index is 1130. The molecule has 1 saturated heterocycles. The van der Waals surface area contributed by atoms with E-state index in [9.17, 15) is 4.79 Å². The van der Waals surface area contributed by atoms with Crippen LogP contribution in [0.15, 0.2) is 47.2 Å². The average Bonchev–Trinajstić information content (AvgIpc) is 3.43. The molecular weight excluding hydrogens is 410 g/mol. The Balaban J connectivity index is 1.20. The van der Waals surface area contributed by atoms with Crippen molar-refractivity contribution in [2.45, 2.75) is 13.1 Å². The lowest BCUT2D eigenvalue weighted by atomic mass is 10.2. The number of hydrogen-bond donors (Lipinski definition) is 1. The van der Waals surface area contributed by atoms with Crippen LogP contribution in [0.1, 0.15) is 11.5 Å². The lowest BCUT2D eigenvalue weighted by Gasteiger charge is -2.33. The van der Waals surface area contributed by atoms with E-state index in [1.807, 2.05) is 35.4 Å². The number of nitrogens with zero attached hydrogens (tertiary/aromatic N) is 4. The number of nitrogens with one attached hydrogen (secondary N) is 1. The molecule has 1 amide bonds. The Labute approximate surface area is 175 Å². The highest BCUT2D eigenvalue weighted by molar-refractivity contribution is 7.19. The SMILES string of the molecule is O=C1CN(Cc2cc(-c3ccc(Cl)s3)no2)CCN1Cc1cc2cnccc2[nH]1. The summed E-state index contributed by atoms with van der Waals surface area (Å²) in [5.74, 6) is 0.853. The maximum Gasteiger partial charge on any atom is 0.237 e. The highest BCUT2D eigenvalue weighted by Gasteiger charge is 2.25. The number of rotatable bonds is 5. The van der Waals surface area contributed by atoms with E-state index in [4.69, 9.17) is 16.1 Å². The van der Waals surface area contributed by atoms with Crippen molar-refractivity contribution in [1.29, 1.82) is 0 Å². The van der Waals surface area contributed by atoms with Gasteiger partial charge in [-0.2, -0.15) is 0 Å². The monoisotopic (exact) mass is 427 g/mol. The number of aromatic amines is 1. The minimum atomic E-state index is 0.109. The molecule has 1 N–H and O–H groups in total. The number of fused-ring (bicyclic) bond motifs is 1. The molecule has 0 aliphatic carbocycles. The molecule has 0 saturated carbocycles. The van der Waals surface area contributed by atoms with Crippen LogP contribution in [0.3, 0.4) is 0 Å². The third-order valence-corrected chi connectivity index (χ3v) is 6.25. The van der Waals surface area contributed by atoms with Crippen LogP contribution in [0.4, 0.5) is 0 Å². The molecule has 9 heteroatoms. The van der Waals surface area contributed by atoms with Gasteiger partial charge in [-0.3, -0.25) is 14.7 Å². The zero-order valence-corrected chi connectivity index (χ0v) is 17.0. The van der Waals surface area contributed by atoms with Crippen molar-refractivity contribution in [2.24, 2.45) is 0 Å². The average molecular weight is 428 g/mol. The Morgan fingerprint density at radius 2 is 2.14 bits per heavy atom. The second-order valence-corrected chi connectivity index (χ2v) is 8.78. The fourth-order valence-electron chi connectivity index (χ4n) is 3.56. The van der Waals surface area contributed by atoms with Crippen LogP contribution in [-0.4, -0.2) is 50.5 Å². The van der Waals surface area contributed by atoms with E-state index in [1.54, 1.807) is 6.20 Å². The summed E-state index contributed by atoms with van der Waals surface area (Å²) in [6, 6.07) is 9.68. The normalized spacial score (nSPS) is 15.5. The van der Waals surface area contributed by atoms with Gasteiger partial charge in [0, 0.05) is 48.1 Å². The number of amides is 1. The van der Waals surface area contributed by atoms with Crippen LogP contribution in [0.2, 0.25) is 4.34 Å². The summed E-state index contributed by atoms with van der Waals surface area (Å²) in [5.41, 5.74) is 2.83. The van der Waals surface area contributed by atoms with Gasteiger partial charge in [0.15, 0.2) is 5.76 Å². The molecule has 0 atom stereocenters. The van der Waals surface area contributed by atoms with Crippen LogP contribution in [-0.2, 0) is 17.9 Å². The molecule has 148 valence electrons. The molecular formula is C20H18ClN5O2S. The van der Waals surface area contributed by atoms with Crippen LogP contribution >= 0.6 is 22.9 Å². The fourth-order valence-corrected chi connectivity index (χ4v) is 4.55. The van der Waals surface area contributed by atoms with Gasteiger partial charge in [0.25, 0.3) is 0 Å². The van der Waals surface area contributed by atoms with Crippen molar-refractivity contribution in [3.05, 3.63) is 58.5 Å². The quantitative estimate of drug-likeness (QED) is 0.524. The number of H-pyrrole nitrogens is 1. The molecule has 0 radical (unpaired) electrons. The van der Waals surface area contributed by atoms with Crippen molar-refractivity contribution >= 4 is 39.7 Å². The van der Waals surface area contributed by atoms with Gasteiger partial charge in [-0.15, -0.1) is 11.3 Å². The largest absolute Gasteiger partial charge is 0.359 e. The summed E-state index contributed by atoms with van der Waals surface area (Å²) in [4.78, 5) is 25.1. The molecule has 4 aromatic rings. The van der Waals surface area contributed by atoms with Gasteiger partial charge in [0.05, 0.1) is 28.8 Å². The van der Waals surface area contributed by atoms with E-state index < -0.39 is 0 Å². The van der Waals surface area contributed by atoms with Gasteiger partial charge in [-0.05, 0) is 24.3 Å². The van der Waals surface area contributed by atoms with Crippen LogP contribution in [0.25, 0.3) is 21.5 Å². The highest BCUT2D eigenvalue weighted by Crippen LogP contribution is 2.30. The molecule has 0 aromatic carbocycles. The number of pyridine rings is 1. The number of thiophene rings is 1. The molecule has 0 bridgehead atoms. The first kappa shape index (κ1) is 18.4. The Morgan fingerprint density at radius 3 is 2.93 bits per heavy atom. The van der Waals surface area contributed by atoms with E-state index >= 15 is 0 Å². The molecule has 0 unspecified atom stereocenters. The summed E-state index contributed by atoms with van der Waals surface area (Å²) in [7, 11) is 0. The highest BCUT2D eigenvalue weighted by atomic mass is 35.5. The van der Waals surface area contributed by atoms with E-state index in [0.29, 0.717) is 26.2 Å². The third-order valence-electron chi connectivity index (χ3n) is 5.00. The van der Waals surface area contributed by atoms with Crippen molar-refractivity contribution in [2.75, 3.05) is 19.6 Å². The Kier molecular flexibility index (Phi) is 4.83. The van der Waals surface area contributed by atoms with Gasteiger partial charge in [0.2, 0.25) is 5.91 Å². The standard InChI is InChI=1S/C20H18ClN5O2S/c21-19-2-1-18(29-19)17-8-15(28-24-17)11-25-5-6-26(20(27)12-25)10-14-7-13-9-22-4-3-16(13)23-14/h1-4,7-9,23H,5-6,10-12H2. The third kappa shape index (κ3) is 3.91. The molecule has 5 rings (SSSR count). The zero-order chi connectivity index (χ0) is 19.8. The van der Waals surface area contributed by atoms with Gasteiger partial charge in [-0.1, -0.05) is 16.8 Å². The molecule has 4 aromatic heterocycles. The first-order valence-corrected chi connectivity index (χ1v) is 10.5.